The van der Waals surface area contributed by atoms with Gasteiger partial charge < -0.3 is 9.47 Å². The molecule has 2 aliphatic rings. The molecular formula is C7H10O3. The molecule has 10 heavy (non-hydrogen) atoms. The number of carbonyl (C=O) groups excluding carboxylic acids is 1. The Morgan fingerprint density at radius 3 is 2.30 bits per heavy atom. The molecule has 1 aliphatic heterocycles. The molecule has 3 heteroatoms. The van der Waals surface area contributed by atoms with Crippen LogP contribution in [0.15, 0.2) is 0 Å². The van der Waals surface area contributed by atoms with Gasteiger partial charge in [-0.2, -0.15) is 0 Å². The molecule has 0 N–H and O–H groups in total. The highest BCUT2D eigenvalue weighted by molar-refractivity contribution is 5.84. The molecule has 0 aromatic rings. The van der Waals surface area contributed by atoms with E-state index in [0.29, 0.717) is 37.8 Å². The fourth-order valence-electron chi connectivity index (χ4n) is 1.37. The zero-order chi connectivity index (χ0) is 6.97. The Morgan fingerprint density at radius 2 is 1.80 bits per heavy atom. The number of ether oxygens (including phenoxy) is 2. The summed E-state index contributed by atoms with van der Waals surface area (Å²) in [7, 11) is 0. The minimum atomic E-state index is -0.0716. The van der Waals surface area contributed by atoms with Crippen molar-refractivity contribution in [3.63, 3.8) is 0 Å². The number of hydrogen-bond acceptors (Lipinski definition) is 3. The summed E-state index contributed by atoms with van der Waals surface area (Å²) in [5, 5.41) is 0. The van der Waals surface area contributed by atoms with Crippen LogP contribution in [0.1, 0.15) is 12.8 Å². The third kappa shape index (κ3) is 0.954. The van der Waals surface area contributed by atoms with Crippen LogP contribution in [0.25, 0.3) is 0 Å². The Hall–Kier alpha value is -0.410. The van der Waals surface area contributed by atoms with Crippen molar-refractivity contribution in [2.45, 2.75) is 19.1 Å². The van der Waals surface area contributed by atoms with E-state index in [2.05, 4.69) is 0 Å². The van der Waals surface area contributed by atoms with E-state index in [1.54, 1.807) is 0 Å². The zero-order valence-corrected chi connectivity index (χ0v) is 5.71. The molecule has 2 fully saturated rings. The summed E-state index contributed by atoms with van der Waals surface area (Å²) in [6, 6.07) is 0. The van der Waals surface area contributed by atoms with Gasteiger partial charge in [-0.25, -0.2) is 0 Å². The molecule has 56 valence electrons. The van der Waals surface area contributed by atoms with E-state index >= 15 is 0 Å². The monoisotopic (exact) mass is 142 g/mol. The van der Waals surface area contributed by atoms with Gasteiger partial charge in [0.2, 0.25) is 0 Å². The lowest BCUT2D eigenvalue weighted by Gasteiger charge is -2.27. The molecular weight excluding hydrogens is 132 g/mol. The lowest BCUT2D eigenvalue weighted by molar-refractivity contribution is -0.145. The highest BCUT2D eigenvalue weighted by atomic mass is 16.7. The van der Waals surface area contributed by atoms with Gasteiger partial charge >= 0.3 is 0 Å². The molecule has 0 radical (unpaired) electrons. The summed E-state index contributed by atoms with van der Waals surface area (Å²) in [5.74, 6) is 0.694. The molecule has 3 nitrogen and oxygen atoms in total. The van der Waals surface area contributed by atoms with Crippen LogP contribution in [0, 0.1) is 5.92 Å². The first-order valence-electron chi connectivity index (χ1n) is 3.61. The van der Waals surface area contributed by atoms with Gasteiger partial charge in [0.25, 0.3) is 0 Å². The molecule has 0 amide bonds. The summed E-state index contributed by atoms with van der Waals surface area (Å²) in [4.78, 5) is 10.6. The number of hydrogen-bond donors (Lipinski definition) is 0. The van der Waals surface area contributed by atoms with E-state index in [9.17, 15) is 4.79 Å². The number of ketones is 1. The van der Waals surface area contributed by atoms with E-state index in [1.165, 1.54) is 0 Å². The summed E-state index contributed by atoms with van der Waals surface area (Å²) in [5.41, 5.74) is 0. The van der Waals surface area contributed by atoms with Crippen molar-refractivity contribution in [3.8, 4) is 0 Å². The first kappa shape index (κ1) is 6.31. The van der Waals surface area contributed by atoms with Gasteiger partial charge in [-0.15, -0.1) is 0 Å². The molecule has 2 rings (SSSR count). The van der Waals surface area contributed by atoms with Crippen molar-refractivity contribution in [1.29, 1.82) is 0 Å². The quantitative estimate of drug-likeness (QED) is 0.529. The van der Waals surface area contributed by atoms with Crippen LogP contribution in [0.4, 0.5) is 0 Å². The molecule has 1 saturated heterocycles. The van der Waals surface area contributed by atoms with Gasteiger partial charge in [-0.3, -0.25) is 4.79 Å². The van der Waals surface area contributed by atoms with Crippen LogP contribution in [0.2, 0.25) is 0 Å². The predicted molar refractivity (Wildman–Crippen MR) is 33.4 cm³/mol. The van der Waals surface area contributed by atoms with Gasteiger partial charge in [0.1, 0.15) is 5.78 Å². The normalized spacial score (nSPS) is 29.0. The molecule has 0 aromatic carbocycles. The maximum atomic E-state index is 10.6. The fraction of sp³-hybridized carbons (Fsp3) is 0.857. The molecule has 0 spiro atoms. The Bertz CT molecular complexity index is 141. The largest absolute Gasteiger partial charge is 0.350 e. The lowest BCUT2D eigenvalue weighted by atomic mass is 9.83. The van der Waals surface area contributed by atoms with E-state index < -0.39 is 0 Å². The SMILES string of the molecule is O=C1CC(C2OCCO2)C1. The lowest BCUT2D eigenvalue weighted by Crippen LogP contribution is -2.34. The number of Topliss-reactive ketones (excluding diaryl/α,β-unsaturated/α-hetero) is 1. The first-order chi connectivity index (χ1) is 4.86. The summed E-state index contributed by atoms with van der Waals surface area (Å²) in [6.07, 6.45) is 1.24. The van der Waals surface area contributed by atoms with Gasteiger partial charge in [0, 0.05) is 18.8 Å². The summed E-state index contributed by atoms with van der Waals surface area (Å²) in [6.45, 7) is 1.38. The zero-order valence-electron chi connectivity index (χ0n) is 5.71. The maximum absolute atomic E-state index is 10.6. The molecule has 1 aliphatic carbocycles. The first-order valence-corrected chi connectivity index (χ1v) is 3.61. The molecule has 0 aromatic heterocycles. The summed E-state index contributed by atoms with van der Waals surface area (Å²) < 4.78 is 10.5. The van der Waals surface area contributed by atoms with E-state index in [0.717, 1.165) is 0 Å². The van der Waals surface area contributed by atoms with Crippen LogP contribution in [0.3, 0.4) is 0 Å². The third-order valence-electron chi connectivity index (χ3n) is 2.01. The molecule has 1 saturated carbocycles. The second-order valence-corrected chi connectivity index (χ2v) is 2.82. The van der Waals surface area contributed by atoms with Crippen LogP contribution in [0.5, 0.6) is 0 Å². The third-order valence-corrected chi connectivity index (χ3v) is 2.01. The Kier molecular flexibility index (Phi) is 1.47. The molecule has 1 heterocycles. The van der Waals surface area contributed by atoms with Gasteiger partial charge in [0.15, 0.2) is 6.29 Å². The number of carbonyl (C=O) groups is 1. The summed E-state index contributed by atoms with van der Waals surface area (Å²) >= 11 is 0. The minimum Gasteiger partial charge on any atom is -0.350 e. The smallest absolute Gasteiger partial charge is 0.161 e. The predicted octanol–water partition coefficient (Wildman–Crippen LogP) is 0.338. The fourth-order valence-corrected chi connectivity index (χ4v) is 1.37. The standard InChI is InChI=1S/C7H10O3/c8-6-3-5(4-6)7-9-1-2-10-7/h5,7H,1-4H2. The average molecular weight is 142 g/mol. The maximum Gasteiger partial charge on any atom is 0.161 e. The Labute approximate surface area is 59.3 Å². The van der Waals surface area contributed by atoms with Crippen LogP contribution in [-0.2, 0) is 14.3 Å². The van der Waals surface area contributed by atoms with E-state index in [-0.39, 0.29) is 6.29 Å². The van der Waals surface area contributed by atoms with E-state index in [1.807, 2.05) is 0 Å². The molecule has 0 bridgehead atoms. The van der Waals surface area contributed by atoms with Crippen LogP contribution in [-0.4, -0.2) is 25.3 Å². The Morgan fingerprint density at radius 1 is 1.20 bits per heavy atom. The van der Waals surface area contributed by atoms with Gasteiger partial charge in [-0.1, -0.05) is 0 Å². The van der Waals surface area contributed by atoms with Crippen molar-refractivity contribution >= 4 is 5.78 Å². The van der Waals surface area contributed by atoms with E-state index in [4.69, 9.17) is 9.47 Å². The van der Waals surface area contributed by atoms with Crippen molar-refractivity contribution < 1.29 is 14.3 Å². The minimum absolute atomic E-state index is 0.0716. The highest BCUT2D eigenvalue weighted by Gasteiger charge is 2.36. The number of rotatable bonds is 1. The van der Waals surface area contributed by atoms with Crippen molar-refractivity contribution in [2.24, 2.45) is 5.92 Å². The van der Waals surface area contributed by atoms with Gasteiger partial charge in [-0.05, 0) is 0 Å². The molecule has 0 atom stereocenters. The molecule has 0 unspecified atom stereocenters. The van der Waals surface area contributed by atoms with Crippen molar-refractivity contribution in [1.82, 2.24) is 0 Å². The van der Waals surface area contributed by atoms with Crippen molar-refractivity contribution in [3.05, 3.63) is 0 Å². The Balaban J connectivity index is 1.83. The van der Waals surface area contributed by atoms with Crippen LogP contribution < -0.4 is 0 Å². The topological polar surface area (TPSA) is 35.5 Å². The highest BCUT2D eigenvalue weighted by Crippen LogP contribution is 2.30. The van der Waals surface area contributed by atoms with Gasteiger partial charge in [0.05, 0.1) is 13.2 Å². The average Bonchev–Trinajstić information content (AvgIpc) is 2.31. The second-order valence-electron chi connectivity index (χ2n) is 2.82. The van der Waals surface area contributed by atoms with Crippen molar-refractivity contribution in [2.75, 3.05) is 13.2 Å². The second kappa shape index (κ2) is 2.32. The van der Waals surface area contributed by atoms with Crippen LogP contribution >= 0.6 is 0 Å².